The molecule has 110 valence electrons. The summed E-state index contributed by atoms with van der Waals surface area (Å²) >= 11 is 0. The molecule has 0 aliphatic rings. The fraction of sp³-hybridized carbons (Fsp3) is 0.500. The number of carboxylic acids is 1. The van der Waals surface area contributed by atoms with Crippen molar-refractivity contribution in [3.63, 3.8) is 0 Å². The summed E-state index contributed by atoms with van der Waals surface area (Å²) in [4.78, 5) is 34.5. The van der Waals surface area contributed by atoms with Gasteiger partial charge in [-0.25, -0.2) is 4.79 Å². The van der Waals surface area contributed by atoms with E-state index in [-0.39, 0.29) is 24.4 Å². The van der Waals surface area contributed by atoms with E-state index in [1.807, 2.05) is 6.92 Å². The van der Waals surface area contributed by atoms with Crippen molar-refractivity contribution in [3.8, 4) is 0 Å². The van der Waals surface area contributed by atoms with Crippen LogP contribution < -0.4 is 10.9 Å². The number of amides is 1. The van der Waals surface area contributed by atoms with Gasteiger partial charge < -0.3 is 15.0 Å². The van der Waals surface area contributed by atoms with Crippen molar-refractivity contribution in [1.29, 1.82) is 0 Å². The maximum absolute atomic E-state index is 11.8. The van der Waals surface area contributed by atoms with Gasteiger partial charge in [-0.05, 0) is 19.4 Å². The number of carboxylic acid groups (broad SMARTS) is 1. The monoisotopic (exact) mass is 280 g/mol. The lowest BCUT2D eigenvalue weighted by Crippen LogP contribution is -2.52. The van der Waals surface area contributed by atoms with E-state index in [0.717, 1.165) is 0 Å². The molecule has 0 aliphatic heterocycles. The lowest BCUT2D eigenvalue weighted by molar-refractivity contribution is -0.147. The first-order valence-corrected chi connectivity index (χ1v) is 6.59. The van der Waals surface area contributed by atoms with Gasteiger partial charge in [-0.15, -0.1) is 0 Å². The molecule has 1 aromatic rings. The normalized spacial score (nSPS) is 13.5. The first kappa shape index (κ1) is 15.9. The Morgan fingerprint density at radius 2 is 2.10 bits per heavy atom. The van der Waals surface area contributed by atoms with Gasteiger partial charge in [0.05, 0.1) is 0 Å². The van der Waals surface area contributed by atoms with Crippen molar-refractivity contribution in [2.45, 2.75) is 45.2 Å². The minimum atomic E-state index is -1.26. The zero-order valence-corrected chi connectivity index (χ0v) is 11.8. The zero-order valence-electron chi connectivity index (χ0n) is 11.8. The molecule has 0 saturated carbocycles. The predicted octanol–water partition coefficient (Wildman–Crippen LogP) is 0.998. The quantitative estimate of drug-likeness (QED) is 0.779. The average Bonchev–Trinajstić information content (AvgIpc) is 2.38. The van der Waals surface area contributed by atoms with Gasteiger partial charge in [0.25, 0.3) is 5.56 Å². The number of nitrogens with one attached hydrogen (secondary N) is 1. The van der Waals surface area contributed by atoms with Gasteiger partial charge in [-0.2, -0.15) is 0 Å². The first-order chi connectivity index (χ1) is 9.39. The van der Waals surface area contributed by atoms with Crippen molar-refractivity contribution in [2.75, 3.05) is 0 Å². The van der Waals surface area contributed by atoms with E-state index >= 15 is 0 Å². The summed E-state index contributed by atoms with van der Waals surface area (Å²) in [7, 11) is 0. The Balaban J connectivity index is 2.61. The van der Waals surface area contributed by atoms with Crippen LogP contribution in [0.3, 0.4) is 0 Å². The molecule has 1 amide bonds. The van der Waals surface area contributed by atoms with Gasteiger partial charge in [0.15, 0.2) is 0 Å². The van der Waals surface area contributed by atoms with Crippen LogP contribution in [0.25, 0.3) is 0 Å². The molecule has 2 N–H and O–H groups in total. The Morgan fingerprint density at radius 1 is 1.40 bits per heavy atom. The molecule has 6 nitrogen and oxygen atoms in total. The molecule has 1 unspecified atom stereocenters. The number of pyridine rings is 1. The van der Waals surface area contributed by atoms with E-state index in [1.165, 1.54) is 17.6 Å². The molecule has 0 aliphatic carbocycles. The molecular formula is C14H20N2O4. The van der Waals surface area contributed by atoms with Crippen LogP contribution in [0, 0.1) is 0 Å². The molecule has 6 heteroatoms. The van der Waals surface area contributed by atoms with E-state index < -0.39 is 11.5 Å². The number of hydrogen-bond acceptors (Lipinski definition) is 3. The molecule has 0 fully saturated rings. The maximum atomic E-state index is 11.8. The van der Waals surface area contributed by atoms with E-state index in [4.69, 9.17) is 0 Å². The Hall–Kier alpha value is -2.11. The van der Waals surface area contributed by atoms with Crippen LogP contribution >= 0.6 is 0 Å². The fourth-order valence-corrected chi connectivity index (χ4v) is 1.96. The minimum Gasteiger partial charge on any atom is -0.480 e. The number of carbonyl (C=O) groups excluding carboxylic acids is 1. The highest BCUT2D eigenvalue weighted by Gasteiger charge is 2.33. The number of aliphatic carboxylic acids is 1. The Kier molecular flexibility index (Phi) is 5.49. The molecule has 0 bridgehead atoms. The third-order valence-corrected chi connectivity index (χ3v) is 3.12. The smallest absolute Gasteiger partial charge is 0.329 e. The summed E-state index contributed by atoms with van der Waals surface area (Å²) in [6.45, 7) is 3.58. The molecule has 0 radical (unpaired) electrons. The highest BCUT2D eigenvalue weighted by atomic mass is 16.4. The van der Waals surface area contributed by atoms with Gasteiger partial charge in [0.1, 0.15) is 5.54 Å². The van der Waals surface area contributed by atoms with Crippen molar-refractivity contribution < 1.29 is 14.7 Å². The van der Waals surface area contributed by atoms with E-state index in [1.54, 1.807) is 18.3 Å². The van der Waals surface area contributed by atoms with Crippen LogP contribution in [0.2, 0.25) is 0 Å². The highest BCUT2D eigenvalue weighted by Crippen LogP contribution is 2.12. The molecule has 0 spiro atoms. The number of nitrogens with zero attached hydrogens (tertiary/aromatic N) is 1. The molecular weight excluding hydrogens is 260 g/mol. The molecule has 0 aromatic carbocycles. The van der Waals surface area contributed by atoms with E-state index in [9.17, 15) is 19.5 Å². The van der Waals surface area contributed by atoms with Gasteiger partial charge in [-0.1, -0.05) is 19.4 Å². The van der Waals surface area contributed by atoms with Crippen molar-refractivity contribution >= 4 is 11.9 Å². The maximum Gasteiger partial charge on any atom is 0.329 e. The van der Waals surface area contributed by atoms with Crippen LogP contribution in [0.4, 0.5) is 0 Å². The van der Waals surface area contributed by atoms with Crippen molar-refractivity contribution in [3.05, 3.63) is 34.7 Å². The van der Waals surface area contributed by atoms with Gasteiger partial charge in [-0.3, -0.25) is 9.59 Å². The second-order valence-electron chi connectivity index (χ2n) is 4.92. The van der Waals surface area contributed by atoms with E-state index in [2.05, 4.69) is 5.32 Å². The number of rotatable bonds is 7. The number of aryl methyl sites for hydroxylation is 1. The van der Waals surface area contributed by atoms with Crippen LogP contribution in [-0.2, 0) is 16.1 Å². The molecule has 1 aromatic heterocycles. The van der Waals surface area contributed by atoms with Crippen LogP contribution in [0.15, 0.2) is 29.2 Å². The molecule has 1 heterocycles. The lowest BCUT2D eigenvalue weighted by atomic mass is 9.96. The summed E-state index contributed by atoms with van der Waals surface area (Å²) in [6.07, 6.45) is 2.68. The largest absolute Gasteiger partial charge is 0.480 e. The Bertz CT molecular complexity index is 538. The van der Waals surface area contributed by atoms with Crippen molar-refractivity contribution in [2.24, 2.45) is 0 Å². The second kappa shape index (κ2) is 6.88. The second-order valence-corrected chi connectivity index (χ2v) is 4.92. The zero-order chi connectivity index (χ0) is 15.2. The highest BCUT2D eigenvalue weighted by molar-refractivity contribution is 5.86. The van der Waals surface area contributed by atoms with Crippen LogP contribution in [0.1, 0.15) is 33.1 Å². The van der Waals surface area contributed by atoms with Gasteiger partial charge in [0, 0.05) is 25.2 Å². The summed E-state index contributed by atoms with van der Waals surface area (Å²) in [5.74, 6) is -1.43. The van der Waals surface area contributed by atoms with Crippen LogP contribution in [-0.4, -0.2) is 27.1 Å². The molecule has 1 atom stereocenters. The Morgan fingerprint density at radius 3 is 2.65 bits per heavy atom. The molecule has 1 rings (SSSR count). The first-order valence-electron chi connectivity index (χ1n) is 6.59. The molecule has 0 saturated heterocycles. The summed E-state index contributed by atoms with van der Waals surface area (Å²) < 4.78 is 1.41. The number of hydrogen-bond donors (Lipinski definition) is 2. The Labute approximate surface area is 117 Å². The minimum absolute atomic E-state index is 0.0660. The summed E-state index contributed by atoms with van der Waals surface area (Å²) in [5.41, 5.74) is -1.44. The average molecular weight is 280 g/mol. The number of aromatic nitrogens is 1. The third-order valence-electron chi connectivity index (χ3n) is 3.12. The van der Waals surface area contributed by atoms with Gasteiger partial charge >= 0.3 is 5.97 Å². The predicted molar refractivity (Wildman–Crippen MR) is 74.4 cm³/mol. The lowest BCUT2D eigenvalue weighted by Gasteiger charge is -2.25. The fourth-order valence-electron chi connectivity index (χ4n) is 1.96. The standard InChI is InChI=1S/C14H20N2O4/c1-3-8-14(2,13(19)20)15-11(17)7-10-16-9-5-4-6-12(16)18/h4-6,9H,3,7-8,10H2,1-2H3,(H,15,17)(H,19,20). The molecule has 20 heavy (non-hydrogen) atoms. The SMILES string of the molecule is CCCC(C)(NC(=O)CCn1ccccc1=O)C(=O)O. The topological polar surface area (TPSA) is 88.4 Å². The van der Waals surface area contributed by atoms with E-state index in [0.29, 0.717) is 12.8 Å². The van der Waals surface area contributed by atoms with Gasteiger partial charge in [0.2, 0.25) is 5.91 Å². The van der Waals surface area contributed by atoms with Crippen molar-refractivity contribution in [1.82, 2.24) is 9.88 Å². The number of carbonyl (C=O) groups is 2. The summed E-state index contributed by atoms with van der Waals surface area (Å²) in [5, 5.41) is 11.7. The van der Waals surface area contributed by atoms with Crippen LogP contribution in [0.5, 0.6) is 0 Å². The third kappa shape index (κ3) is 4.22. The summed E-state index contributed by atoms with van der Waals surface area (Å²) in [6, 6.07) is 4.75.